The fourth-order valence-electron chi connectivity index (χ4n) is 1.91. The van der Waals surface area contributed by atoms with Crippen molar-refractivity contribution < 1.29 is 14.5 Å². The van der Waals surface area contributed by atoms with Crippen LogP contribution in [0.3, 0.4) is 0 Å². The molecule has 0 aromatic heterocycles. The van der Waals surface area contributed by atoms with Gasteiger partial charge in [0.1, 0.15) is 11.3 Å². The van der Waals surface area contributed by atoms with E-state index >= 15 is 0 Å². The van der Waals surface area contributed by atoms with Crippen LogP contribution in [0.1, 0.15) is 32.8 Å². The molecule has 0 spiro atoms. The number of nitrogens with zero attached hydrogens (tertiary/aromatic N) is 2. The Bertz CT molecular complexity index is 567. The van der Waals surface area contributed by atoms with E-state index in [2.05, 4.69) is 5.32 Å². The fraction of sp³-hybridized carbons (Fsp3) is 0.562. The Labute approximate surface area is 136 Å². The van der Waals surface area contributed by atoms with Crippen LogP contribution in [-0.4, -0.2) is 41.7 Å². The van der Waals surface area contributed by atoms with Gasteiger partial charge >= 0.3 is 6.09 Å². The molecule has 128 valence electrons. The predicted molar refractivity (Wildman–Crippen MR) is 89.8 cm³/mol. The second-order valence-corrected chi connectivity index (χ2v) is 6.46. The Hall–Kier alpha value is -2.31. The number of carbonyl (C=O) groups is 1. The summed E-state index contributed by atoms with van der Waals surface area (Å²) >= 11 is 0. The monoisotopic (exact) mass is 323 g/mol. The van der Waals surface area contributed by atoms with Crippen LogP contribution in [0.2, 0.25) is 0 Å². The molecule has 0 heterocycles. The Balaban J connectivity index is 2.46. The van der Waals surface area contributed by atoms with Crippen molar-refractivity contribution in [2.24, 2.45) is 0 Å². The second-order valence-electron chi connectivity index (χ2n) is 6.46. The summed E-state index contributed by atoms with van der Waals surface area (Å²) in [5, 5.41) is 14.1. The van der Waals surface area contributed by atoms with Crippen molar-refractivity contribution in [1.29, 1.82) is 0 Å². The maximum atomic E-state index is 11.8. The van der Waals surface area contributed by atoms with E-state index in [-0.39, 0.29) is 11.8 Å². The van der Waals surface area contributed by atoms with Crippen LogP contribution < -0.4 is 5.32 Å². The molecule has 0 aliphatic carbocycles. The average Bonchev–Trinajstić information content (AvgIpc) is 2.42. The Morgan fingerprint density at radius 3 is 2.61 bits per heavy atom. The van der Waals surface area contributed by atoms with Crippen molar-refractivity contribution in [2.75, 3.05) is 25.5 Å². The number of benzene rings is 1. The highest BCUT2D eigenvalue weighted by atomic mass is 16.6. The van der Waals surface area contributed by atoms with Gasteiger partial charge in [-0.1, -0.05) is 6.07 Å². The summed E-state index contributed by atoms with van der Waals surface area (Å²) in [6.07, 6.45) is 0.277. The minimum absolute atomic E-state index is 0.0606. The standard InChI is InChI=1S/C16H25N3O4/c1-12-7-8-13(14(11-12)19(21)22)17-9-6-10-18(5)15(20)23-16(2,3)4/h7-8,11,17H,6,9-10H2,1-5H3. The van der Waals surface area contributed by atoms with Gasteiger partial charge in [0.2, 0.25) is 0 Å². The third kappa shape index (κ3) is 6.54. The van der Waals surface area contributed by atoms with Crippen LogP contribution in [0.15, 0.2) is 18.2 Å². The molecule has 0 bridgehead atoms. The predicted octanol–water partition coefficient (Wildman–Crippen LogP) is 3.57. The summed E-state index contributed by atoms with van der Waals surface area (Å²) < 4.78 is 5.26. The maximum Gasteiger partial charge on any atom is 0.410 e. The summed E-state index contributed by atoms with van der Waals surface area (Å²) in [6, 6.07) is 5.06. The van der Waals surface area contributed by atoms with Crippen LogP contribution in [0, 0.1) is 17.0 Å². The van der Waals surface area contributed by atoms with Gasteiger partial charge in [-0.2, -0.15) is 0 Å². The molecule has 0 atom stereocenters. The van der Waals surface area contributed by atoms with E-state index in [0.29, 0.717) is 25.2 Å². The summed E-state index contributed by atoms with van der Waals surface area (Å²) in [6.45, 7) is 8.29. The number of nitro groups is 1. The van der Waals surface area contributed by atoms with Crippen LogP contribution in [-0.2, 0) is 4.74 Å². The summed E-state index contributed by atoms with van der Waals surface area (Å²) in [4.78, 5) is 23.9. The molecule has 0 unspecified atom stereocenters. The summed E-state index contributed by atoms with van der Waals surface area (Å²) in [7, 11) is 1.67. The zero-order valence-electron chi connectivity index (χ0n) is 14.4. The van der Waals surface area contributed by atoms with Crippen LogP contribution >= 0.6 is 0 Å². The molecule has 0 aliphatic heterocycles. The Morgan fingerprint density at radius 2 is 2.04 bits per heavy atom. The number of nitro benzene ring substituents is 1. The van der Waals surface area contributed by atoms with E-state index in [0.717, 1.165) is 5.56 Å². The molecule has 0 radical (unpaired) electrons. The molecule has 1 amide bonds. The first-order valence-corrected chi connectivity index (χ1v) is 7.53. The number of carbonyl (C=O) groups excluding carboxylic acids is 1. The molecular weight excluding hydrogens is 298 g/mol. The summed E-state index contributed by atoms with van der Waals surface area (Å²) in [5.74, 6) is 0. The van der Waals surface area contributed by atoms with Crippen molar-refractivity contribution in [3.05, 3.63) is 33.9 Å². The van der Waals surface area contributed by atoms with Crippen molar-refractivity contribution in [1.82, 2.24) is 4.90 Å². The van der Waals surface area contributed by atoms with E-state index in [1.807, 2.05) is 33.8 Å². The Kier molecular flexibility index (Phi) is 6.36. The molecule has 1 N–H and O–H groups in total. The van der Waals surface area contributed by atoms with Crippen molar-refractivity contribution in [3.8, 4) is 0 Å². The van der Waals surface area contributed by atoms with E-state index in [9.17, 15) is 14.9 Å². The lowest BCUT2D eigenvalue weighted by molar-refractivity contribution is -0.384. The van der Waals surface area contributed by atoms with Crippen LogP contribution in [0.5, 0.6) is 0 Å². The van der Waals surface area contributed by atoms with E-state index in [4.69, 9.17) is 4.74 Å². The van der Waals surface area contributed by atoms with Gasteiger partial charge < -0.3 is 15.0 Å². The molecule has 0 aliphatic rings. The summed E-state index contributed by atoms with van der Waals surface area (Å²) in [5.41, 5.74) is 0.865. The van der Waals surface area contributed by atoms with Crippen LogP contribution in [0.25, 0.3) is 0 Å². The number of aryl methyl sites for hydroxylation is 1. The van der Waals surface area contributed by atoms with E-state index in [1.165, 1.54) is 11.0 Å². The highest BCUT2D eigenvalue weighted by molar-refractivity contribution is 5.67. The van der Waals surface area contributed by atoms with Crippen LogP contribution in [0.4, 0.5) is 16.2 Å². The highest BCUT2D eigenvalue weighted by Crippen LogP contribution is 2.25. The largest absolute Gasteiger partial charge is 0.444 e. The number of hydrogen-bond acceptors (Lipinski definition) is 5. The molecule has 0 saturated heterocycles. The molecule has 1 rings (SSSR count). The first-order chi connectivity index (χ1) is 10.6. The molecule has 1 aromatic rings. The normalized spacial score (nSPS) is 11.0. The first-order valence-electron chi connectivity index (χ1n) is 7.53. The van der Waals surface area contributed by atoms with Crippen molar-refractivity contribution >= 4 is 17.5 Å². The van der Waals surface area contributed by atoms with Crippen molar-refractivity contribution in [2.45, 2.75) is 39.7 Å². The lowest BCUT2D eigenvalue weighted by Gasteiger charge is -2.24. The number of anilines is 1. The smallest absolute Gasteiger partial charge is 0.410 e. The average molecular weight is 323 g/mol. The number of rotatable bonds is 6. The number of amides is 1. The topological polar surface area (TPSA) is 84.7 Å². The fourth-order valence-corrected chi connectivity index (χ4v) is 1.91. The van der Waals surface area contributed by atoms with E-state index < -0.39 is 10.5 Å². The lowest BCUT2D eigenvalue weighted by Crippen LogP contribution is -2.35. The van der Waals surface area contributed by atoms with E-state index in [1.54, 1.807) is 13.1 Å². The van der Waals surface area contributed by atoms with Gasteiger partial charge in [0, 0.05) is 26.2 Å². The molecule has 7 heteroatoms. The van der Waals surface area contributed by atoms with Crippen molar-refractivity contribution in [3.63, 3.8) is 0 Å². The molecule has 1 aromatic carbocycles. The van der Waals surface area contributed by atoms with Gasteiger partial charge in [-0.05, 0) is 45.7 Å². The minimum atomic E-state index is -0.522. The molecule has 0 fully saturated rings. The SMILES string of the molecule is Cc1ccc(NCCCN(C)C(=O)OC(C)(C)C)c([N+](=O)[O-])c1. The highest BCUT2D eigenvalue weighted by Gasteiger charge is 2.19. The van der Waals surface area contributed by atoms with Gasteiger partial charge in [-0.15, -0.1) is 0 Å². The zero-order valence-corrected chi connectivity index (χ0v) is 14.4. The number of hydrogen-bond donors (Lipinski definition) is 1. The lowest BCUT2D eigenvalue weighted by atomic mass is 10.2. The molecule has 7 nitrogen and oxygen atoms in total. The second kappa shape index (κ2) is 7.80. The number of nitrogens with one attached hydrogen (secondary N) is 1. The maximum absolute atomic E-state index is 11.8. The first kappa shape index (κ1) is 18.7. The van der Waals surface area contributed by atoms with Gasteiger partial charge in [0.15, 0.2) is 0 Å². The zero-order chi connectivity index (χ0) is 17.6. The van der Waals surface area contributed by atoms with Gasteiger partial charge in [0.05, 0.1) is 4.92 Å². The van der Waals surface area contributed by atoms with Gasteiger partial charge in [-0.3, -0.25) is 10.1 Å². The van der Waals surface area contributed by atoms with Gasteiger partial charge in [-0.25, -0.2) is 4.79 Å². The number of ether oxygens (including phenoxy) is 1. The molecule has 0 saturated carbocycles. The third-order valence-corrected chi connectivity index (χ3v) is 3.04. The minimum Gasteiger partial charge on any atom is -0.444 e. The molecular formula is C16H25N3O4. The third-order valence-electron chi connectivity index (χ3n) is 3.04. The quantitative estimate of drug-likeness (QED) is 0.491. The van der Waals surface area contributed by atoms with Gasteiger partial charge in [0.25, 0.3) is 5.69 Å². The molecule has 23 heavy (non-hydrogen) atoms. The Morgan fingerprint density at radius 1 is 1.39 bits per heavy atom.